The predicted octanol–water partition coefficient (Wildman–Crippen LogP) is 3.75. The van der Waals surface area contributed by atoms with E-state index in [0.717, 1.165) is 5.56 Å². The van der Waals surface area contributed by atoms with E-state index in [-0.39, 0.29) is 17.9 Å². The van der Waals surface area contributed by atoms with Gasteiger partial charge in [-0.2, -0.15) is 5.10 Å². The second-order valence-electron chi connectivity index (χ2n) is 4.85. The van der Waals surface area contributed by atoms with Gasteiger partial charge in [-0.25, -0.2) is 9.07 Å². The molecule has 0 aliphatic heterocycles. The molecule has 3 nitrogen and oxygen atoms in total. The molecule has 0 aliphatic rings. The van der Waals surface area contributed by atoms with Gasteiger partial charge in [0.2, 0.25) is 0 Å². The van der Waals surface area contributed by atoms with Gasteiger partial charge >= 0.3 is 0 Å². The molecule has 3 rings (SSSR count). The third kappa shape index (κ3) is 3.23. The fourth-order valence-corrected chi connectivity index (χ4v) is 2.27. The molecule has 3 aromatic rings. The van der Waals surface area contributed by atoms with Gasteiger partial charge in [0.15, 0.2) is 0 Å². The largest absolute Gasteiger partial charge is 0.268 e. The lowest BCUT2D eigenvalue weighted by atomic mass is 10.1. The van der Waals surface area contributed by atoms with Crippen LogP contribution < -0.4 is 5.56 Å². The van der Waals surface area contributed by atoms with Crippen LogP contribution in [0.15, 0.2) is 65.5 Å². The Morgan fingerprint density at radius 2 is 1.82 bits per heavy atom. The van der Waals surface area contributed by atoms with Crippen molar-refractivity contribution in [1.29, 1.82) is 0 Å². The Kier molecular flexibility index (Phi) is 4.02. The molecule has 0 radical (unpaired) electrons. The number of aromatic nitrogens is 2. The molecule has 5 heteroatoms. The Bertz CT molecular complexity index is 859. The summed E-state index contributed by atoms with van der Waals surface area (Å²) in [4.78, 5) is 11.9. The van der Waals surface area contributed by atoms with Gasteiger partial charge in [0.1, 0.15) is 5.82 Å². The Balaban J connectivity index is 1.96. The molecular formula is C17H12ClFN2O. The van der Waals surface area contributed by atoms with Crippen molar-refractivity contribution in [2.24, 2.45) is 0 Å². The van der Waals surface area contributed by atoms with Gasteiger partial charge in [-0.1, -0.05) is 35.9 Å². The Morgan fingerprint density at radius 3 is 2.55 bits per heavy atom. The van der Waals surface area contributed by atoms with Crippen LogP contribution in [-0.4, -0.2) is 9.78 Å². The van der Waals surface area contributed by atoms with Crippen molar-refractivity contribution < 1.29 is 4.39 Å². The maximum atomic E-state index is 13.2. The zero-order valence-electron chi connectivity index (χ0n) is 11.5. The van der Waals surface area contributed by atoms with Gasteiger partial charge < -0.3 is 0 Å². The van der Waals surface area contributed by atoms with Crippen molar-refractivity contribution in [2.45, 2.75) is 6.54 Å². The summed E-state index contributed by atoms with van der Waals surface area (Å²) in [6, 6.07) is 16.4. The van der Waals surface area contributed by atoms with Crippen molar-refractivity contribution in [3.8, 4) is 11.3 Å². The molecule has 0 saturated carbocycles. The summed E-state index contributed by atoms with van der Waals surface area (Å²) in [7, 11) is 0. The van der Waals surface area contributed by atoms with E-state index in [1.165, 1.54) is 22.9 Å². The van der Waals surface area contributed by atoms with E-state index in [2.05, 4.69) is 5.10 Å². The molecular weight excluding hydrogens is 303 g/mol. The van der Waals surface area contributed by atoms with E-state index in [1.807, 2.05) is 12.1 Å². The zero-order valence-corrected chi connectivity index (χ0v) is 12.3. The first-order chi connectivity index (χ1) is 10.6. The number of rotatable bonds is 3. The van der Waals surface area contributed by atoms with Crippen molar-refractivity contribution in [1.82, 2.24) is 9.78 Å². The van der Waals surface area contributed by atoms with Crippen LogP contribution in [0.4, 0.5) is 4.39 Å². The van der Waals surface area contributed by atoms with Crippen LogP contribution in [-0.2, 0) is 6.54 Å². The van der Waals surface area contributed by atoms with E-state index in [1.54, 1.807) is 30.3 Å². The number of benzene rings is 2. The molecule has 110 valence electrons. The van der Waals surface area contributed by atoms with E-state index < -0.39 is 0 Å². The van der Waals surface area contributed by atoms with Crippen LogP contribution >= 0.6 is 11.6 Å². The van der Waals surface area contributed by atoms with Crippen LogP contribution in [0, 0.1) is 5.82 Å². The van der Waals surface area contributed by atoms with E-state index in [9.17, 15) is 9.18 Å². The van der Waals surface area contributed by atoms with Crippen molar-refractivity contribution in [2.75, 3.05) is 0 Å². The molecule has 0 N–H and O–H groups in total. The van der Waals surface area contributed by atoms with Crippen LogP contribution in [0.1, 0.15) is 5.56 Å². The SMILES string of the molecule is O=c1ccc(-c2ccc(Cl)cc2)nn1Cc1cccc(F)c1. The first-order valence-electron chi connectivity index (χ1n) is 6.70. The Morgan fingerprint density at radius 1 is 1.05 bits per heavy atom. The standard InChI is InChI=1S/C17H12ClFN2O/c18-14-6-4-13(5-7-14)16-8-9-17(22)21(20-16)11-12-2-1-3-15(19)10-12/h1-10H,11H2. The first kappa shape index (κ1) is 14.5. The van der Waals surface area contributed by atoms with Crippen molar-refractivity contribution >= 4 is 11.6 Å². The summed E-state index contributed by atoms with van der Waals surface area (Å²) in [5, 5.41) is 4.97. The first-order valence-corrected chi connectivity index (χ1v) is 7.08. The minimum atomic E-state index is -0.334. The van der Waals surface area contributed by atoms with Gasteiger partial charge in [-0.15, -0.1) is 0 Å². The van der Waals surface area contributed by atoms with Gasteiger partial charge in [-0.05, 0) is 35.9 Å². The lowest BCUT2D eigenvalue weighted by Gasteiger charge is -2.07. The van der Waals surface area contributed by atoms with E-state index in [4.69, 9.17) is 11.6 Å². The van der Waals surface area contributed by atoms with E-state index in [0.29, 0.717) is 16.3 Å². The molecule has 0 unspecified atom stereocenters. The average molecular weight is 315 g/mol. The highest BCUT2D eigenvalue weighted by molar-refractivity contribution is 6.30. The fourth-order valence-electron chi connectivity index (χ4n) is 2.15. The number of halogens is 2. The summed E-state index contributed by atoms with van der Waals surface area (Å²) >= 11 is 5.87. The Labute approximate surface area is 131 Å². The van der Waals surface area contributed by atoms with Crippen LogP contribution in [0.5, 0.6) is 0 Å². The van der Waals surface area contributed by atoms with Gasteiger partial charge in [-0.3, -0.25) is 4.79 Å². The van der Waals surface area contributed by atoms with Crippen LogP contribution in [0.25, 0.3) is 11.3 Å². The second-order valence-corrected chi connectivity index (χ2v) is 5.29. The maximum absolute atomic E-state index is 13.2. The predicted molar refractivity (Wildman–Crippen MR) is 84.4 cm³/mol. The van der Waals surface area contributed by atoms with Crippen molar-refractivity contribution in [3.05, 3.63) is 87.4 Å². The molecule has 22 heavy (non-hydrogen) atoms. The molecule has 0 bridgehead atoms. The molecule has 0 spiro atoms. The summed E-state index contributed by atoms with van der Waals surface area (Å²) in [6.45, 7) is 0.220. The second kappa shape index (κ2) is 6.12. The molecule has 0 saturated heterocycles. The highest BCUT2D eigenvalue weighted by Gasteiger charge is 2.05. The smallest absolute Gasteiger partial charge is 0.267 e. The highest BCUT2D eigenvalue weighted by atomic mass is 35.5. The molecule has 0 fully saturated rings. The summed E-state index contributed by atoms with van der Waals surface area (Å²) in [6.07, 6.45) is 0. The van der Waals surface area contributed by atoms with Gasteiger partial charge in [0.05, 0.1) is 12.2 Å². The minimum absolute atomic E-state index is 0.220. The molecule has 1 aromatic heterocycles. The quantitative estimate of drug-likeness (QED) is 0.738. The lowest BCUT2D eigenvalue weighted by Crippen LogP contribution is -2.22. The summed E-state index contributed by atoms with van der Waals surface area (Å²) in [5.41, 5.74) is 1.97. The molecule has 0 aliphatic carbocycles. The summed E-state index contributed by atoms with van der Waals surface area (Å²) < 4.78 is 14.6. The van der Waals surface area contributed by atoms with Crippen molar-refractivity contribution in [3.63, 3.8) is 0 Å². The topological polar surface area (TPSA) is 34.9 Å². The van der Waals surface area contributed by atoms with E-state index >= 15 is 0 Å². The zero-order chi connectivity index (χ0) is 15.5. The monoisotopic (exact) mass is 314 g/mol. The number of nitrogens with zero attached hydrogens (tertiary/aromatic N) is 2. The minimum Gasteiger partial charge on any atom is -0.268 e. The van der Waals surface area contributed by atoms with Gasteiger partial charge in [0, 0.05) is 16.7 Å². The molecule has 0 amide bonds. The highest BCUT2D eigenvalue weighted by Crippen LogP contribution is 2.18. The fraction of sp³-hybridized carbons (Fsp3) is 0.0588. The number of hydrogen-bond acceptors (Lipinski definition) is 2. The summed E-state index contributed by atoms with van der Waals surface area (Å²) in [5.74, 6) is -0.334. The Hall–Kier alpha value is -2.46. The third-order valence-corrected chi connectivity index (χ3v) is 3.48. The third-order valence-electron chi connectivity index (χ3n) is 3.23. The maximum Gasteiger partial charge on any atom is 0.267 e. The average Bonchev–Trinajstić information content (AvgIpc) is 2.50. The lowest BCUT2D eigenvalue weighted by molar-refractivity contribution is 0.612. The van der Waals surface area contributed by atoms with Crippen LogP contribution in [0.3, 0.4) is 0 Å². The molecule has 2 aromatic carbocycles. The van der Waals surface area contributed by atoms with Crippen LogP contribution in [0.2, 0.25) is 5.02 Å². The normalized spacial score (nSPS) is 10.6. The molecule has 0 atom stereocenters. The number of hydrogen-bond donors (Lipinski definition) is 0. The molecule has 1 heterocycles. The van der Waals surface area contributed by atoms with Gasteiger partial charge in [0.25, 0.3) is 5.56 Å².